The Morgan fingerprint density at radius 2 is 1.57 bits per heavy atom. The first-order valence-electron chi connectivity index (χ1n) is 6.67. The normalized spacial score (nSPS) is 10.0. The maximum atomic E-state index is 11.9. The summed E-state index contributed by atoms with van der Waals surface area (Å²) in [6.45, 7) is 3.39. The molecule has 0 saturated carbocycles. The Bertz CT molecular complexity index is 620. The molecule has 0 N–H and O–H groups in total. The first kappa shape index (κ1) is 14.8. The molecule has 4 heteroatoms. The third kappa shape index (κ3) is 4.18. The van der Waals surface area contributed by atoms with Crippen molar-refractivity contribution in [3.63, 3.8) is 0 Å². The Hall–Kier alpha value is -2.62. The number of amides is 1. The summed E-state index contributed by atoms with van der Waals surface area (Å²) in [5.41, 5.74) is 1.82. The van der Waals surface area contributed by atoms with Crippen molar-refractivity contribution >= 4 is 17.6 Å². The smallest absolute Gasteiger partial charge is 0.308 e. The van der Waals surface area contributed by atoms with Crippen LogP contribution in [0.25, 0.3) is 0 Å². The summed E-state index contributed by atoms with van der Waals surface area (Å²) in [5.74, 6) is 0.0593. The summed E-state index contributed by atoms with van der Waals surface area (Å²) in [7, 11) is 0. The minimum atomic E-state index is -0.365. The lowest BCUT2D eigenvalue weighted by Crippen LogP contribution is -2.27. The number of nitrogens with zero attached hydrogens (tertiary/aromatic N) is 1. The molecule has 0 bridgehead atoms. The van der Waals surface area contributed by atoms with Crippen LogP contribution in [0.2, 0.25) is 0 Å². The fraction of sp³-hybridized carbons (Fsp3) is 0.176. The molecule has 2 rings (SSSR count). The van der Waals surface area contributed by atoms with Crippen LogP contribution >= 0.6 is 0 Å². The van der Waals surface area contributed by atoms with Crippen molar-refractivity contribution in [1.82, 2.24) is 0 Å². The molecular formula is C17H17NO3. The molecule has 108 valence electrons. The van der Waals surface area contributed by atoms with Crippen molar-refractivity contribution in [2.24, 2.45) is 0 Å². The van der Waals surface area contributed by atoms with E-state index < -0.39 is 0 Å². The van der Waals surface area contributed by atoms with Crippen molar-refractivity contribution < 1.29 is 14.3 Å². The number of esters is 1. The van der Waals surface area contributed by atoms with Crippen LogP contribution in [0.3, 0.4) is 0 Å². The topological polar surface area (TPSA) is 46.6 Å². The van der Waals surface area contributed by atoms with Gasteiger partial charge in [-0.05, 0) is 29.8 Å². The summed E-state index contributed by atoms with van der Waals surface area (Å²) in [6, 6.07) is 16.7. The van der Waals surface area contributed by atoms with Crippen LogP contribution in [0.15, 0.2) is 54.6 Å². The standard InChI is InChI=1S/C17H17NO3/c1-13(19)18(12-15-6-4-3-5-7-15)16-8-10-17(11-9-16)21-14(2)20/h3-11H,12H2,1-2H3. The maximum absolute atomic E-state index is 11.9. The van der Waals surface area contributed by atoms with E-state index in [2.05, 4.69) is 0 Å². The molecule has 0 radical (unpaired) electrons. The number of rotatable bonds is 4. The van der Waals surface area contributed by atoms with Gasteiger partial charge >= 0.3 is 5.97 Å². The quantitative estimate of drug-likeness (QED) is 0.639. The van der Waals surface area contributed by atoms with Gasteiger partial charge in [-0.2, -0.15) is 0 Å². The van der Waals surface area contributed by atoms with Crippen LogP contribution in [-0.2, 0) is 16.1 Å². The van der Waals surface area contributed by atoms with Crippen LogP contribution in [0.5, 0.6) is 5.75 Å². The first-order chi connectivity index (χ1) is 10.1. The highest BCUT2D eigenvalue weighted by atomic mass is 16.5. The van der Waals surface area contributed by atoms with E-state index in [1.165, 1.54) is 13.8 Å². The second-order valence-corrected chi connectivity index (χ2v) is 4.68. The molecule has 0 saturated heterocycles. The van der Waals surface area contributed by atoms with Crippen molar-refractivity contribution in [1.29, 1.82) is 0 Å². The van der Waals surface area contributed by atoms with E-state index in [1.54, 1.807) is 29.2 Å². The van der Waals surface area contributed by atoms with Gasteiger partial charge in [-0.3, -0.25) is 9.59 Å². The second-order valence-electron chi connectivity index (χ2n) is 4.68. The fourth-order valence-electron chi connectivity index (χ4n) is 2.01. The Labute approximate surface area is 124 Å². The van der Waals surface area contributed by atoms with Crippen molar-refractivity contribution in [2.75, 3.05) is 4.90 Å². The van der Waals surface area contributed by atoms with E-state index in [9.17, 15) is 9.59 Å². The predicted molar refractivity (Wildman–Crippen MR) is 81.1 cm³/mol. The van der Waals surface area contributed by atoms with E-state index in [4.69, 9.17) is 4.74 Å². The average Bonchev–Trinajstić information content (AvgIpc) is 2.46. The molecule has 0 heterocycles. The van der Waals surface area contributed by atoms with Gasteiger partial charge in [-0.15, -0.1) is 0 Å². The van der Waals surface area contributed by atoms with Gasteiger partial charge in [0.15, 0.2) is 0 Å². The predicted octanol–water partition coefficient (Wildman–Crippen LogP) is 3.17. The number of hydrogen-bond acceptors (Lipinski definition) is 3. The lowest BCUT2D eigenvalue weighted by molar-refractivity contribution is -0.131. The zero-order valence-electron chi connectivity index (χ0n) is 12.1. The number of benzene rings is 2. The third-order valence-electron chi connectivity index (χ3n) is 2.97. The Balaban J connectivity index is 2.18. The van der Waals surface area contributed by atoms with Gasteiger partial charge in [-0.1, -0.05) is 30.3 Å². The van der Waals surface area contributed by atoms with Gasteiger partial charge in [0.2, 0.25) is 5.91 Å². The van der Waals surface area contributed by atoms with E-state index in [0.29, 0.717) is 12.3 Å². The van der Waals surface area contributed by atoms with E-state index in [-0.39, 0.29) is 11.9 Å². The molecule has 0 aliphatic rings. The molecule has 4 nitrogen and oxygen atoms in total. The first-order valence-corrected chi connectivity index (χ1v) is 6.67. The lowest BCUT2D eigenvalue weighted by Gasteiger charge is -2.21. The Kier molecular flexibility index (Phi) is 4.72. The van der Waals surface area contributed by atoms with E-state index in [0.717, 1.165) is 11.3 Å². The number of ether oxygens (including phenoxy) is 1. The number of hydrogen-bond donors (Lipinski definition) is 0. The number of carbonyl (C=O) groups is 2. The molecule has 0 unspecified atom stereocenters. The molecular weight excluding hydrogens is 266 g/mol. The minimum absolute atomic E-state index is 0.0425. The summed E-state index contributed by atoms with van der Waals surface area (Å²) in [4.78, 5) is 24.4. The highest BCUT2D eigenvalue weighted by Crippen LogP contribution is 2.21. The highest BCUT2D eigenvalue weighted by Gasteiger charge is 2.12. The molecule has 0 aliphatic carbocycles. The van der Waals surface area contributed by atoms with Gasteiger partial charge < -0.3 is 9.64 Å². The van der Waals surface area contributed by atoms with Crippen LogP contribution in [-0.4, -0.2) is 11.9 Å². The van der Waals surface area contributed by atoms with Crippen LogP contribution in [0.1, 0.15) is 19.4 Å². The Morgan fingerprint density at radius 1 is 0.952 bits per heavy atom. The SMILES string of the molecule is CC(=O)Oc1ccc(N(Cc2ccccc2)C(C)=O)cc1. The largest absolute Gasteiger partial charge is 0.427 e. The van der Waals surface area contributed by atoms with Gasteiger partial charge in [-0.25, -0.2) is 0 Å². The Morgan fingerprint density at radius 3 is 2.10 bits per heavy atom. The van der Waals surface area contributed by atoms with Crippen molar-refractivity contribution in [3.8, 4) is 5.75 Å². The van der Waals surface area contributed by atoms with E-state index in [1.807, 2.05) is 30.3 Å². The monoisotopic (exact) mass is 283 g/mol. The molecule has 0 spiro atoms. The van der Waals surface area contributed by atoms with Crippen molar-refractivity contribution in [2.45, 2.75) is 20.4 Å². The molecule has 0 fully saturated rings. The maximum Gasteiger partial charge on any atom is 0.308 e. The summed E-state index contributed by atoms with van der Waals surface area (Å²) >= 11 is 0. The summed E-state index contributed by atoms with van der Waals surface area (Å²) in [5, 5.41) is 0. The highest BCUT2D eigenvalue weighted by molar-refractivity contribution is 5.91. The van der Waals surface area contributed by atoms with Crippen LogP contribution in [0.4, 0.5) is 5.69 Å². The lowest BCUT2D eigenvalue weighted by atomic mass is 10.2. The fourth-order valence-corrected chi connectivity index (χ4v) is 2.01. The molecule has 2 aromatic carbocycles. The molecule has 0 aromatic heterocycles. The van der Waals surface area contributed by atoms with Crippen LogP contribution in [0, 0.1) is 0 Å². The third-order valence-corrected chi connectivity index (χ3v) is 2.97. The minimum Gasteiger partial charge on any atom is -0.427 e. The van der Waals surface area contributed by atoms with E-state index >= 15 is 0 Å². The van der Waals surface area contributed by atoms with Gasteiger partial charge in [0.05, 0.1) is 6.54 Å². The number of carbonyl (C=O) groups excluding carboxylic acids is 2. The zero-order valence-corrected chi connectivity index (χ0v) is 12.1. The molecule has 1 amide bonds. The van der Waals surface area contributed by atoms with Crippen LogP contribution < -0.4 is 9.64 Å². The molecule has 0 atom stereocenters. The molecule has 0 aliphatic heterocycles. The van der Waals surface area contributed by atoms with Gasteiger partial charge in [0.25, 0.3) is 0 Å². The summed E-state index contributed by atoms with van der Waals surface area (Å²) in [6.07, 6.45) is 0. The molecule has 2 aromatic rings. The average molecular weight is 283 g/mol. The summed E-state index contributed by atoms with van der Waals surface area (Å²) < 4.78 is 4.99. The van der Waals surface area contributed by atoms with Gasteiger partial charge in [0.1, 0.15) is 5.75 Å². The second kappa shape index (κ2) is 6.70. The number of anilines is 1. The molecule has 21 heavy (non-hydrogen) atoms. The van der Waals surface area contributed by atoms with Crippen molar-refractivity contribution in [3.05, 3.63) is 60.2 Å². The van der Waals surface area contributed by atoms with Gasteiger partial charge in [0, 0.05) is 19.5 Å². The zero-order chi connectivity index (χ0) is 15.2.